The highest BCUT2D eigenvalue weighted by Crippen LogP contribution is 2.22. The van der Waals surface area contributed by atoms with E-state index in [1.807, 2.05) is 24.4 Å². The third-order valence-electron chi connectivity index (χ3n) is 3.25. The first-order chi connectivity index (χ1) is 10.1. The number of nitrogens with one attached hydrogen (secondary N) is 2. The summed E-state index contributed by atoms with van der Waals surface area (Å²) >= 11 is 1.56. The molecule has 2 atom stereocenters. The fourth-order valence-corrected chi connectivity index (χ4v) is 2.80. The van der Waals surface area contributed by atoms with Crippen LogP contribution in [0.1, 0.15) is 40.4 Å². The van der Waals surface area contributed by atoms with Crippen molar-refractivity contribution in [1.82, 2.24) is 10.3 Å². The van der Waals surface area contributed by atoms with Gasteiger partial charge in [0.2, 0.25) is 0 Å². The second-order valence-electron chi connectivity index (χ2n) is 4.96. The highest BCUT2D eigenvalue weighted by molar-refractivity contribution is 7.10. The molecule has 5 nitrogen and oxygen atoms in total. The minimum atomic E-state index is -0.440. The number of aliphatic hydroxyl groups excluding tert-OH is 1. The van der Waals surface area contributed by atoms with Crippen molar-refractivity contribution in [3.63, 3.8) is 0 Å². The zero-order valence-corrected chi connectivity index (χ0v) is 12.9. The average Bonchev–Trinajstić information content (AvgIpc) is 3.15. The maximum atomic E-state index is 11.3. The van der Waals surface area contributed by atoms with Crippen LogP contribution in [0.15, 0.2) is 29.8 Å². The minimum Gasteiger partial charge on any atom is -0.464 e. The molecule has 0 spiro atoms. The number of aromatic nitrogens is 1. The zero-order valence-electron chi connectivity index (χ0n) is 12.1. The van der Waals surface area contributed by atoms with Crippen LogP contribution in [0.5, 0.6) is 0 Å². The molecule has 2 unspecified atom stereocenters. The number of carbonyl (C=O) groups is 1. The Labute approximate surface area is 128 Å². The largest absolute Gasteiger partial charge is 0.464 e. The SMILES string of the molecule is COC(=O)c1cc(CNC(C)CC(O)c2cccs2)c[nH]1. The van der Waals surface area contributed by atoms with Gasteiger partial charge in [-0.25, -0.2) is 4.79 Å². The lowest BCUT2D eigenvalue weighted by molar-refractivity contribution is 0.0595. The van der Waals surface area contributed by atoms with Crippen molar-refractivity contribution in [2.24, 2.45) is 0 Å². The van der Waals surface area contributed by atoms with E-state index in [4.69, 9.17) is 0 Å². The predicted molar refractivity (Wildman–Crippen MR) is 82.3 cm³/mol. The van der Waals surface area contributed by atoms with Gasteiger partial charge in [0.05, 0.1) is 13.2 Å². The third kappa shape index (κ3) is 4.42. The van der Waals surface area contributed by atoms with Crippen LogP contribution >= 0.6 is 11.3 Å². The molecule has 0 aliphatic rings. The Morgan fingerprint density at radius 2 is 2.38 bits per heavy atom. The second-order valence-corrected chi connectivity index (χ2v) is 5.94. The molecule has 0 bridgehead atoms. The third-order valence-corrected chi connectivity index (χ3v) is 4.22. The van der Waals surface area contributed by atoms with Crippen LogP contribution in [0.4, 0.5) is 0 Å². The molecule has 114 valence electrons. The number of hydrogen-bond donors (Lipinski definition) is 3. The number of carbonyl (C=O) groups excluding carboxylic acids is 1. The van der Waals surface area contributed by atoms with Crippen LogP contribution < -0.4 is 5.32 Å². The Hall–Kier alpha value is -1.63. The summed E-state index contributed by atoms with van der Waals surface area (Å²) in [5, 5.41) is 15.4. The van der Waals surface area contributed by atoms with Crippen LogP contribution in [0.3, 0.4) is 0 Å². The van der Waals surface area contributed by atoms with E-state index in [0.717, 1.165) is 10.4 Å². The molecule has 0 amide bonds. The van der Waals surface area contributed by atoms with E-state index in [-0.39, 0.29) is 12.0 Å². The van der Waals surface area contributed by atoms with Crippen LogP contribution in [-0.2, 0) is 11.3 Å². The van der Waals surface area contributed by atoms with Gasteiger partial charge in [0, 0.05) is 23.7 Å². The van der Waals surface area contributed by atoms with E-state index in [2.05, 4.69) is 15.0 Å². The van der Waals surface area contributed by atoms with E-state index < -0.39 is 6.10 Å². The smallest absolute Gasteiger partial charge is 0.354 e. The van der Waals surface area contributed by atoms with Crippen molar-refractivity contribution in [2.75, 3.05) is 7.11 Å². The molecule has 0 saturated heterocycles. The molecule has 2 aromatic heterocycles. The van der Waals surface area contributed by atoms with E-state index in [1.54, 1.807) is 23.6 Å². The summed E-state index contributed by atoms with van der Waals surface area (Å²) in [7, 11) is 1.36. The standard InChI is InChI=1S/C15H20N2O3S/c1-10(6-13(18)14-4-3-5-21-14)16-8-11-7-12(17-9-11)15(19)20-2/h3-5,7,9-10,13,16-18H,6,8H2,1-2H3. The predicted octanol–water partition coefficient (Wildman–Crippen LogP) is 2.46. The normalized spacial score (nSPS) is 13.9. The first-order valence-corrected chi connectivity index (χ1v) is 7.68. The Balaban J connectivity index is 1.79. The molecule has 21 heavy (non-hydrogen) atoms. The van der Waals surface area contributed by atoms with Crippen LogP contribution in [0, 0.1) is 0 Å². The summed E-state index contributed by atoms with van der Waals surface area (Å²) in [6, 6.07) is 5.81. The molecule has 0 aliphatic carbocycles. The van der Waals surface area contributed by atoms with Gasteiger partial charge in [-0.2, -0.15) is 0 Å². The van der Waals surface area contributed by atoms with Gasteiger partial charge in [-0.1, -0.05) is 6.07 Å². The fourth-order valence-electron chi connectivity index (χ4n) is 2.08. The first-order valence-electron chi connectivity index (χ1n) is 6.80. The molecule has 0 radical (unpaired) electrons. The molecule has 6 heteroatoms. The molecule has 2 heterocycles. The lowest BCUT2D eigenvalue weighted by atomic mass is 10.1. The lowest BCUT2D eigenvalue weighted by Crippen LogP contribution is -2.27. The molecule has 0 saturated carbocycles. The molecule has 0 aromatic carbocycles. The number of aromatic amines is 1. The van der Waals surface area contributed by atoms with Crippen LogP contribution in [-0.4, -0.2) is 29.2 Å². The molecule has 0 aliphatic heterocycles. The summed E-state index contributed by atoms with van der Waals surface area (Å²) < 4.78 is 4.65. The monoisotopic (exact) mass is 308 g/mol. The zero-order chi connectivity index (χ0) is 15.2. The molecule has 2 rings (SSSR count). The van der Waals surface area contributed by atoms with Gasteiger partial charge < -0.3 is 20.1 Å². The Morgan fingerprint density at radius 1 is 1.57 bits per heavy atom. The van der Waals surface area contributed by atoms with Crippen LogP contribution in [0.25, 0.3) is 0 Å². The fraction of sp³-hybridized carbons (Fsp3) is 0.400. The summed E-state index contributed by atoms with van der Waals surface area (Å²) in [6.07, 6.45) is 1.99. The minimum absolute atomic E-state index is 0.165. The van der Waals surface area contributed by atoms with Crippen LogP contribution in [0.2, 0.25) is 0 Å². The lowest BCUT2D eigenvalue weighted by Gasteiger charge is -2.16. The van der Waals surface area contributed by atoms with Crippen molar-refractivity contribution in [3.8, 4) is 0 Å². The van der Waals surface area contributed by atoms with E-state index in [9.17, 15) is 9.90 Å². The van der Waals surface area contributed by atoms with E-state index >= 15 is 0 Å². The molecular formula is C15H20N2O3S. The topological polar surface area (TPSA) is 74.3 Å². The van der Waals surface area contributed by atoms with Crippen molar-refractivity contribution < 1.29 is 14.6 Å². The number of hydrogen-bond acceptors (Lipinski definition) is 5. The van der Waals surface area contributed by atoms with Gasteiger partial charge in [0.25, 0.3) is 0 Å². The number of thiophene rings is 1. The van der Waals surface area contributed by atoms with Crippen molar-refractivity contribution in [1.29, 1.82) is 0 Å². The summed E-state index contributed by atoms with van der Waals surface area (Å²) in [5.41, 5.74) is 1.42. The first kappa shape index (κ1) is 15.8. The van der Waals surface area contributed by atoms with Crippen molar-refractivity contribution >= 4 is 17.3 Å². The van der Waals surface area contributed by atoms with Gasteiger partial charge in [-0.05, 0) is 36.4 Å². The van der Waals surface area contributed by atoms with Crippen molar-refractivity contribution in [2.45, 2.75) is 32.0 Å². The van der Waals surface area contributed by atoms with Crippen molar-refractivity contribution in [3.05, 3.63) is 45.9 Å². The molecule has 2 aromatic rings. The highest BCUT2D eigenvalue weighted by atomic mass is 32.1. The van der Waals surface area contributed by atoms with E-state index in [0.29, 0.717) is 18.7 Å². The average molecular weight is 308 g/mol. The number of H-pyrrole nitrogens is 1. The molecule has 0 fully saturated rings. The van der Waals surface area contributed by atoms with Gasteiger partial charge >= 0.3 is 5.97 Å². The Morgan fingerprint density at radius 3 is 3.05 bits per heavy atom. The number of ether oxygens (including phenoxy) is 1. The number of rotatable bonds is 7. The summed E-state index contributed by atoms with van der Waals surface area (Å²) in [4.78, 5) is 15.2. The number of methoxy groups -OCH3 is 1. The quantitative estimate of drug-likeness (QED) is 0.687. The Bertz CT molecular complexity index is 565. The number of aliphatic hydroxyl groups is 1. The maximum absolute atomic E-state index is 11.3. The van der Waals surface area contributed by atoms with Gasteiger partial charge in [-0.3, -0.25) is 0 Å². The van der Waals surface area contributed by atoms with Gasteiger partial charge in [-0.15, -0.1) is 11.3 Å². The maximum Gasteiger partial charge on any atom is 0.354 e. The summed E-state index contributed by atoms with van der Waals surface area (Å²) in [6.45, 7) is 2.66. The van der Waals surface area contributed by atoms with Gasteiger partial charge in [0.1, 0.15) is 5.69 Å². The number of esters is 1. The summed E-state index contributed by atoms with van der Waals surface area (Å²) in [5.74, 6) is -0.373. The second kappa shape index (κ2) is 7.40. The van der Waals surface area contributed by atoms with E-state index in [1.165, 1.54) is 7.11 Å². The highest BCUT2D eigenvalue weighted by Gasteiger charge is 2.14. The Kier molecular flexibility index (Phi) is 5.55. The molecule has 3 N–H and O–H groups in total. The molecular weight excluding hydrogens is 288 g/mol. The van der Waals surface area contributed by atoms with Gasteiger partial charge in [0.15, 0.2) is 0 Å².